The van der Waals surface area contributed by atoms with Crippen LogP contribution in [0.15, 0.2) is 18.2 Å². The summed E-state index contributed by atoms with van der Waals surface area (Å²) < 4.78 is 6.36. The summed E-state index contributed by atoms with van der Waals surface area (Å²) in [7, 11) is 1.67. The first-order chi connectivity index (χ1) is 6.33. The first-order valence-electron chi connectivity index (χ1n) is 4.27. The van der Waals surface area contributed by atoms with Crippen molar-refractivity contribution in [2.45, 2.75) is 13.3 Å². The Labute approximate surface area is 81.2 Å². The molecule has 0 saturated carbocycles. The molecule has 1 aromatic heterocycles. The Bertz CT molecular complexity index is 420. The van der Waals surface area contributed by atoms with Crippen molar-refractivity contribution in [1.82, 2.24) is 4.98 Å². The molecule has 0 unspecified atom stereocenters. The highest BCUT2D eigenvalue weighted by atomic mass is 32.1. The molecule has 2 nitrogen and oxygen atoms in total. The number of fused-ring (bicyclic) bond motifs is 1. The van der Waals surface area contributed by atoms with Crippen molar-refractivity contribution in [3.8, 4) is 5.75 Å². The van der Waals surface area contributed by atoms with E-state index < -0.39 is 0 Å². The maximum atomic E-state index is 5.13. The van der Waals surface area contributed by atoms with E-state index in [9.17, 15) is 0 Å². The number of hydrogen-bond acceptors (Lipinski definition) is 3. The molecule has 0 amide bonds. The van der Waals surface area contributed by atoms with Crippen LogP contribution in [0.5, 0.6) is 5.75 Å². The van der Waals surface area contributed by atoms with Crippen LogP contribution in [0.4, 0.5) is 0 Å². The third-order valence-electron chi connectivity index (χ3n) is 1.94. The van der Waals surface area contributed by atoms with Crippen molar-refractivity contribution in [3.05, 3.63) is 23.2 Å². The van der Waals surface area contributed by atoms with E-state index in [0.717, 1.165) is 17.7 Å². The number of hydrogen-bond donors (Lipinski definition) is 0. The molecule has 1 aromatic carbocycles. The Hall–Kier alpha value is -1.09. The number of rotatable bonds is 2. The summed E-state index contributed by atoms with van der Waals surface area (Å²) in [6, 6.07) is 6.01. The van der Waals surface area contributed by atoms with Crippen LogP contribution >= 0.6 is 11.3 Å². The van der Waals surface area contributed by atoms with Crippen molar-refractivity contribution < 1.29 is 4.74 Å². The molecule has 0 bridgehead atoms. The molecule has 0 saturated heterocycles. The molecule has 0 N–H and O–H groups in total. The number of methoxy groups -OCH3 is 1. The summed E-state index contributed by atoms with van der Waals surface area (Å²) in [5, 5.41) is 1.18. The average molecular weight is 193 g/mol. The van der Waals surface area contributed by atoms with Gasteiger partial charge >= 0.3 is 0 Å². The summed E-state index contributed by atoms with van der Waals surface area (Å²) >= 11 is 1.75. The first-order valence-corrected chi connectivity index (χ1v) is 5.08. The highest BCUT2D eigenvalue weighted by molar-refractivity contribution is 7.18. The minimum absolute atomic E-state index is 0.875. The van der Waals surface area contributed by atoms with Gasteiger partial charge in [0.15, 0.2) is 0 Å². The molecule has 3 heteroatoms. The van der Waals surface area contributed by atoms with Gasteiger partial charge in [-0.05, 0) is 18.6 Å². The van der Waals surface area contributed by atoms with E-state index in [2.05, 4.69) is 18.0 Å². The number of ether oxygens (including phenoxy) is 1. The normalized spacial score (nSPS) is 10.6. The second-order valence-corrected chi connectivity index (χ2v) is 3.91. The van der Waals surface area contributed by atoms with Crippen LogP contribution in [-0.4, -0.2) is 12.1 Å². The van der Waals surface area contributed by atoms with Crippen molar-refractivity contribution in [2.24, 2.45) is 0 Å². The van der Waals surface area contributed by atoms with Gasteiger partial charge in [-0.25, -0.2) is 4.98 Å². The zero-order valence-corrected chi connectivity index (χ0v) is 8.52. The molecule has 0 atom stereocenters. The molecule has 68 valence electrons. The highest BCUT2D eigenvalue weighted by Crippen LogP contribution is 2.25. The Morgan fingerprint density at radius 2 is 2.31 bits per heavy atom. The predicted octanol–water partition coefficient (Wildman–Crippen LogP) is 2.87. The number of aryl methyl sites for hydroxylation is 1. The van der Waals surface area contributed by atoms with Gasteiger partial charge in [-0.2, -0.15) is 0 Å². The number of benzene rings is 1. The summed E-state index contributed by atoms with van der Waals surface area (Å²) in [5.74, 6) is 0.875. The van der Waals surface area contributed by atoms with Gasteiger partial charge in [0.2, 0.25) is 0 Å². The van der Waals surface area contributed by atoms with Crippen LogP contribution in [0, 0.1) is 0 Å². The SMILES string of the molecule is CCc1nc2cc(OC)ccc2s1. The van der Waals surface area contributed by atoms with E-state index in [1.165, 1.54) is 9.71 Å². The molecule has 0 aliphatic heterocycles. The molecule has 0 fully saturated rings. The monoisotopic (exact) mass is 193 g/mol. The second kappa shape index (κ2) is 3.34. The number of nitrogens with zero attached hydrogens (tertiary/aromatic N) is 1. The molecule has 0 radical (unpaired) electrons. The fourth-order valence-electron chi connectivity index (χ4n) is 1.23. The Morgan fingerprint density at radius 3 is 3.00 bits per heavy atom. The predicted molar refractivity (Wildman–Crippen MR) is 55.6 cm³/mol. The summed E-state index contributed by atoms with van der Waals surface area (Å²) in [4.78, 5) is 4.48. The quantitative estimate of drug-likeness (QED) is 0.731. The van der Waals surface area contributed by atoms with Gasteiger partial charge in [0, 0.05) is 6.07 Å². The second-order valence-electron chi connectivity index (χ2n) is 2.79. The van der Waals surface area contributed by atoms with E-state index >= 15 is 0 Å². The van der Waals surface area contributed by atoms with Gasteiger partial charge in [-0.1, -0.05) is 6.92 Å². The topological polar surface area (TPSA) is 22.1 Å². The lowest BCUT2D eigenvalue weighted by molar-refractivity contribution is 0.415. The third-order valence-corrected chi connectivity index (χ3v) is 3.12. The molecular weight excluding hydrogens is 182 g/mol. The Morgan fingerprint density at radius 1 is 1.46 bits per heavy atom. The van der Waals surface area contributed by atoms with Crippen molar-refractivity contribution in [2.75, 3.05) is 7.11 Å². The Balaban J connectivity index is 2.57. The Kier molecular flexibility index (Phi) is 2.19. The van der Waals surface area contributed by atoms with Crippen molar-refractivity contribution in [3.63, 3.8) is 0 Å². The van der Waals surface area contributed by atoms with Crippen LogP contribution in [-0.2, 0) is 6.42 Å². The highest BCUT2D eigenvalue weighted by Gasteiger charge is 2.02. The zero-order valence-electron chi connectivity index (χ0n) is 7.70. The lowest BCUT2D eigenvalue weighted by atomic mass is 10.3. The van der Waals surface area contributed by atoms with Crippen molar-refractivity contribution in [1.29, 1.82) is 0 Å². The minimum atomic E-state index is 0.875. The van der Waals surface area contributed by atoms with Crippen LogP contribution in [0.1, 0.15) is 11.9 Å². The van der Waals surface area contributed by atoms with Gasteiger partial charge in [0.05, 0.1) is 22.3 Å². The molecular formula is C10H11NOS. The van der Waals surface area contributed by atoms with Crippen molar-refractivity contribution >= 4 is 21.6 Å². The van der Waals surface area contributed by atoms with E-state index in [0.29, 0.717) is 0 Å². The van der Waals surface area contributed by atoms with Crippen LogP contribution in [0.3, 0.4) is 0 Å². The fourth-order valence-corrected chi connectivity index (χ4v) is 2.12. The maximum absolute atomic E-state index is 5.13. The molecule has 13 heavy (non-hydrogen) atoms. The summed E-state index contributed by atoms with van der Waals surface area (Å²) in [6.07, 6.45) is 1.00. The molecule has 0 aliphatic carbocycles. The van der Waals surface area contributed by atoms with E-state index in [-0.39, 0.29) is 0 Å². The average Bonchev–Trinajstić information content (AvgIpc) is 2.58. The van der Waals surface area contributed by atoms with E-state index in [4.69, 9.17) is 4.74 Å². The molecule has 0 aliphatic rings. The van der Waals surface area contributed by atoms with Gasteiger partial charge in [-0.15, -0.1) is 11.3 Å². The zero-order chi connectivity index (χ0) is 9.26. The summed E-state index contributed by atoms with van der Waals surface area (Å²) in [5.41, 5.74) is 1.04. The van der Waals surface area contributed by atoms with Crippen LogP contribution in [0.2, 0.25) is 0 Å². The minimum Gasteiger partial charge on any atom is -0.497 e. The first kappa shape index (κ1) is 8.51. The fraction of sp³-hybridized carbons (Fsp3) is 0.300. The summed E-state index contributed by atoms with van der Waals surface area (Å²) in [6.45, 7) is 2.12. The standard InChI is InChI=1S/C10H11NOS/c1-3-10-11-8-6-7(12-2)4-5-9(8)13-10/h4-6H,3H2,1-2H3. The van der Waals surface area contributed by atoms with Gasteiger partial charge in [0.1, 0.15) is 5.75 Å². The van der Waals surface area contributed by atoms with Crippen LogP contribution < -0.4 is 4.74 Å². The molecule has 2 rings (SSSR count). The third kappa shape index (κ3) is 1.52. The lowest BCUT2D eigenvalue weighted by Crippen LogP contribution is -1.81. The smallest absolute Gasteiger partial charge is 0.121 e. The van der Waals surface area contributed by atoms with Gasteiger partial charge < -0.3 is 4.74 Å². The number of thiazole rings is 1. The maximum Gasteiger partial charge on any atom is 0.121 e. The van der Waals surface area contributed by atoms with E-state index in [1.54, 1.807) is 18.4 Å². The lowest BCUT2D eigenvalue weighted by Gasteiger charge is -1.96. The molecule has 1 heterocycles. The largest absolute Gasteiger partial charge is 0.497 e. The van der Waals surface area contributed by atoms with Gasteiger partial charge in [0.25, 0.3) is 0 Å². The van der Waals surface area contributed by atoms with E-state index in [1.807, 2.05) is 12.1 Å². The van der Waals surface area contributed by atoms with Crippen LogP contribution in [0.25, 0.3) is 10.2 Å². The molecule has 2 aromatic rings. The van der Waals surface area contributed by atoms with Gasteiger partial charge in [-0.3, -0.25) is 0 Å². The number of aromatic nitrogens is 1. The molecule has 0 spiro atoms.